The minimum Gasteiger partial charge on any atom is -0.211 e. The van der Waals surface area contributed by atoms with Crippen molar-refractivity contribution < 1.29 is 22.0 Å². The zero-order chi connectivity index (χ0) is 16.2. The first-order valence-electron chi connectivity index (χ1n) is 5.83. The van der Waals surface area contributed by atoms with E-state index in [-0.39, 0.29) is 5.16 Å². The summed E-state index contributed by atoms with van der Waals surface area (Å²) in [6.45, 7) is -1.26. The number of hydrogen-bond acceptors (Lipinski definition) is 5. The molecule has 0 saturated carbocycles. The Hall–Kier alpha value is -1.36. The lowest BCUT2D eigenvalue weighted by Crippen LogP contribution is -2.19. The number of rotatable bonds is 6. The maximum atomic E-state index is 12.3. The van der Waals surface area contributed by atoms with Crippen molar-refractivity contribution in [3.05, 3.63) is 29.8 Å². The lowest BCUT2D eigenvalue weighted by molar-refractivity contribution is -0.144. The monoisotopic (exact) mass is 356 g/mol. The molecule has 22 heavy (non-hydrogen) atoms. The highest BCUT2D eigenvalue weighted by molar-refractivity contribution is 7.99. The number of benzene rings is 1. The number of tetrazole rings is 1. The van der Waals surface area contributed by atoms with Gasteiger partial charge in [-0.15, -0.1) is 5.10 Å². The molecule has 1 heterocycles. The third-order valence-corrected chi connectivity index (χ3v) is 4.10. The molecule has 2 aromatic rings. The summed E-state index contributed by atoms with van der Waals surface area (Å²) in [6, 6.07) is 6.34. The van der Waals surface area contributed by atoms with Crippen molar-refractivity contribution in [3.63, 3.8) is 0 Å². The minimum atomic E-state index is -4.40. The van der Waals surface area contributed by atoms with E-state index in [4.69, 9.17) is 0 Å². The second-order valence-corrected chi connectivity index (χ2v) is 6.05. The molecule has 120 valence electrons. The molecule has 1 aromatic carbocycles. The van der Waals surface area contributed by atoms with E-state index in [0.717, 1.165) is 17.3 Å². The van der Waals surface area contributed by atoms with Crippen molar-refractivity contribution in [2.45, 2.75) is 34.3 Å². The van der Waals surface area contributed by atoms with Gasteiger partial charge >= 0.3 is 6.18 Å². The Morgan fingerprint density at radius 1 is 1.14 bits per heavy atom. The van der Waals surface area contributed by atoms with Crippen LogP contribution in [0.4, 0.5) is 22.0 Å². The highest BCUT2D eigenvalue weighted by Crippen LogP contribution is 2.27. The van der Waals surface area contributed by atoms with Crippen LogP contribution in [0.15, 0.2) is 34.3 Å². The fraction of sp³-hybridized carbons (Fsp3) is 0.364. The zero-order valence-corrected chi connectivity index (χ0v) is 12.4. The van der Waals surface area contributed by atoms with Gasteiger partial charge in [-0.05, 0) is 28.1 Å². The zero-order valence-electron chi connectivity index (χ0n) is 10.8. The van der Waals surface area contributed by atoms with E-state index in [0.29, 0.717) is 27.1 Å². The first-order valence-corrected chi connectivity index (χ1v) is 7.69. The van der Waals surface area contributed by atoms with Gasteiger partial charge in [0.25, 0.3) is 5.76 Å². The highest BCUT2D eigenvalue weighted by atomic mass is 32.2. The second-order valence-electron chi connectivity index (χ2n) is 4.05. The smallest absolute Gasteiger partial charge is 0.211 e. The molecule has 0 fully saturated rings. The van der Waals surface area contributed by atoms with Gasteiger partial charge < -0.3 is 0 Å². The number of alkyl halides is 5. The van der Waals surface area contributed by atoms with Gasteiger partial charge in [0.2, 0.25) is 5.16 Å². The molecule has 0 radical (unpaired) electrons. The van der Waals surface area contributed by atoms with Crippen LogP contribution >= 0.6 is 23.5 Å². The van der Waals surface area contributed by atoms with Gasteiger partial charge in [-0.1, -0.05) is 35.7 Å². The van der Waals surface area contributed by atoms with Gasteiger partial charge in [0, 0.05) is 10.6 Å². The fourth-order valence-electron chi connectivity index (χ4n) is 1.48. The molecule has 0 unspecified atom stereocenters. The van der Waals surface area contributed by atoms with E-state index in [1.807, 2.05) is 0 Å². The van der Waals surface area contributed by atoms with Crippen molar-refractivity contribution in [2.75, 3.05) is 0 Å². The predicted octanol–water partition coefficient (Wildman–Crippen LogP) is 3.84. The number of aromatic nitrogens is 4. The molecule has 4 nitrogen and oxygen atoms in total. The minimum absolute atomic E-state index is 0.0448. The summed E-state index contributed by atoms with van der Waals surface area (Å²) >= 11 is 1.47. The molecule has 0 spiro atoms. The normalized spacial score (nSPS) is 12.1. The molecule has 0 aliphatic carbocycles. The van der Waals surface area contributed by atoms with Crippen LogP contribution in [0.25, 0.3) is 0 Å². The van der Waals surface area contributed by atoms with Crippen LogP contribution in [0, 0.1) is 0 Å². The second kappa shape index (κ2) is 7.27. The predicted molar refractivity (Wildman–Crippen MR) is 71.7 cm³/mol. The molecule has 0 aliphatic heterocycles. The SMILES string of the molecule is FC(F)Sc1ccc(CSc2nnnn2CC(F)(F)F)cc1. The summed E-state index contributed by atoms with van der Waals surface area (Å²) < 4.78 is 62.0. The van der Waals surface area contributed by atoms with E-state index in [2.05, 4.69) is 15.5 Å². The number of nitrogens with zero attached hydrogens (tertiary/aromatic N) is 4. The van der Waals surface area contributed by atoms with Crippen LogP contribution < -0.4 is 0 Å². The molecule has 0 amide bonds. The molecule has 11 heteroatoms. The molecule has 1 aromatic heterocycles. The average Bonchev–Trinajstić information content (AvgIpc) is 2.82. The van der Waals surface area contributed by atoms with E-state index in [1.54, 1.807) is 12.1 Å². The van der Waals surface area contributed by atoms with Gasteiger partial charge in [0.1, 0.15) is 6.54 Å². The fourth-order valence-corrected chi connectivity index (χ4v) is 2.82. The van der Waals surface area contributed by atoms with Crippen LogP contribution in [0.5, 0.6) is 0 Å². The molecule has 0 saturated heterocycles. The van der Waals surface area contributed by atoms with Gasteiger partial charge in [-0.3, -0.25) is 0 Å². The lowest BCUT2D eigenvalue weighted by atomic mass is 10.2. The average molecular weight is 356 g/mol. The third-order valence-electron chi connectivity index (χ3n) is 2.34. The summed E-state index contributed by atoms with van der Waals surface area (Å²) in [5, 5.41) is 10.1. The van der Waals surface area contributed by atoms with E-state index in [1.165, 1.54) is 12.1 Å². The van der Waals surface area contributed by atoms with Crippen molar-refractivity contribution in [1.29, 1.82) is 0 Å². The Labute approximate surface area is 130 Å². The van der Waals surface area contributed by atoms with Crippen molar-refractivity contribution in [2.24, 2.45) is 0 Å². The molecule has 0 N–H and O–H groups in total. The number of thioether (sulfide) groups is 2. The maximum Gasteiger partial charge on any atom is 0.408 e. The Bertz CT molecular complexity index is 599. The molecule has 0 atom stereocenters. The van der Waals surface area contributed by atoms with Crippen molar-refractivity contribution in [1.82, 2.24) is 20.2 Å². The first kappa shape index (κ1) is 17.0. The highest BCUT2D eigenvalue weighted by Gasteiger charge is 2.30. The van der Waals surface area contributed by atoms with Gasteiger partial charge in [-0.25, -0.2) is 4.68 Å². The lowest BCUT2D eigenvalue weighted by Gasteiger charge is -2.07. The Balaban J connectivity index is 1.94. The van der Waals surface area contributed by atoms with Crippen LogP contribution in [-0.4, -0.2) is 32.1 Å². The Morgan fingerprint density at radius 3 is 2.41 bits per heavy atom. The summed E-state index contributed by atoms with van der Waals surface area (Å²) in [7, 11) is 0. The summed E-state index contributed by atoms with van der Waals surface area (Å²) in [4.78, 5) is 0.422. The summed E-state index contributed by atoms with van der Waals surface area (Å²) in [6.07, 6.45) is -4.40. The standard InChI is InChI=1S/C11H9F5N4S2/c12-9(13)22-8-3-1-7(2-4-8)5-21-10-17-18-19-20(10)6-11(14,15)16/h1-4,9H,5-6H2. The van der Waals surface area contributed by atoms with E-state index < -0.39 is 18.5 Å². The largest absolute Gasteiger partial charge is 0.408 e. The third kappa shape index (κ3) is 5.44. The Kier molecular flexibility index (Phi) is 5.62. The van der Waals surface area contributed by atoms with Crippen molar-refractivity contribution in [3.8, 4) is 0 Å². The molecule has 0 bridgehead atoms. The Morgan fingerprint density at radius 2 is 1.82 bits per heavy atom. The molecule has 2 rings (SSSR count). The quantitative estimate of drug-likeness (QED) is 0.581. The summed E-state index contributed by atoms with van der Waals surface area (Å²) in [5.74, 6) is -2.16. The van der Waals surface area contributed by atoms with E-state index >= 15 is 0 Å². The maximum absolute atomic E-state index is 12.3. The van der Waals surface area contributed by atoms with E-state index in [9.17, 15) is 22.0 Å². The van der Waals surface area contributed by atoms with Crippen molar-refractivity contribution >= 4 is 23.5 Å². The van der Waals surface area contributed by atoms with Crippen LogP contribution in [0.2, 0.25) is 0 Å². The number of hydrogen-bond donors (Lipinski definition) is 0. The molecule has 0 aliphatic rings. The van der Waals surface area contributed by atoms with Gasteiger partial charge in [-0.2, -0.15) is 22.0 Å². The molecular formula is C11H9F5N4S2. The topological polar surface area (TPSA) is 43.6 Å². The van der Waals surface area contributed by atoms with Gasteiger partial charge in [0.15, 0.2) is 0 Å². The number of halogens is 5. The summed E-state index contributed by atoms with van der Waals surface area (Å²) in [5.41, 5.74) is 0.769. The van der Waals surface area contributed by atoms with Crippen LogP contribution in [0.1, 0.15) is 5.56 Å². The van der Waals surface area contributed by atoms with Gasteiger partial charge in [0.05, 0.1) is 0 Å². The molecular weight excluding hydrogens is 347 g/mol. The first-order chi connectivity index (χ1) is 10.3. The van der Waals surface area contributed by atoms with Crippen LogP contribution in [-0.2, 0) is 12.3 Å². The van der Waals surface area contributed by atoms with Crippen LogP contribution in [0.3, 0.4) is 0 Å².